The molecule has 1 aromatic carbocycles. The van der Waals surface area contributed by atoms with Crippen molar-refractivity contribution in [2.75, 3.05) is 17.9 Å². The summed E-state index contributed by atoms with van der Waals surface area (Å²) in [6.45, 7) is 1.22. The molecule has 1 unspecified atom stereocenters. The van der Waals surface area contributed by atoms with Crippen LogP contribution in [0.5, 0.6) is 0 Å². The zero-order valence-corrected chi connectivity index (χ0v) is 14.1. The highest BCUT2D eigenvalue weighted by Crippen LogP contribution is 2.30. The van der Waals surface area contributed by atoms with Crippen molar-refractivity contribution in [3.05, 3.63) is 41.8 Å². The second kappa shape index (κ2) is 5.80. The standard InChI is InChI=1S/C15H15ClN4O3S/c16-13-7-17-15-12(13)2-1-3-14(15)19-24(21,22)11-6-18-20(8-11)10-4-5-23-9-10/h1-3,6-8,10,17,19H,4-5,9H2. The first kappa shape index (κ1) is 15.5. The Bertz CT molecular complexity index is 989. The molecule has 0 radical (unpaired) electrons. The molecular formula is C15H15ClN4O3S. The Labute approximate surface area is 143 Å². The molecule has 0 saturated carbocycles. The number of rotatable bonds is 4. The third kappa shape index (κ3) is 2.66. The number of aromatic nitrogens is 3. The van der Waals surface area contributed by atoms with Gasteiger partial charge in [-0.25, -0.2) is 8.42 Å². The van der Waals surface area contributed by atoms with Crippen LogP contribution in [0.2, 0.25) is 5.02 Å². The average Bonchev–Trinajstić information content (AvgIpc) is 3.28. The summed E-state index contributed by atoms with van der Waals surface area (Å²) in [4.78, 5) is 3.10. The molecule has 2 aromatic heterocycles. The molecular weight excluding hydrogens is 352 g/mol. The number of para-hydroxylation sites is 1. The lowest BCUT2D eigenvalue weighted by molar-refractivity contribution is 0.184. The van der Waals surface area contributed by atoms with E-state index in [0.717, 1.165) is 11.8 Å². The van der Waals surface area contributed by atoms with Gasteiger partial charge in [-0.05, 0) is 12.5 Å². The van der Waals surface area contributed by atoms with Crippen molar-refractivity contribution in [1.82, 2.24) is 14.8 Å². The number of ether oxygens (including phenoxy) is 1. The molecule has 0 amide bonds. The number of hydrogen-bond donors (Lipinski definition) is 2. The van der Waals surface area contributed by atoms with Gasteiger partial charge in [-0.2, -0.15) is 5.10 Å². The van der Waals surface area contributed by atoms with Gasteiger partial charge in [0.2, 0.25) is 0 Å². The summed E-state index contributed by atoms with van der Waals surface area (Å²) < 4.78 is 34.8. The molecule has 3 heterocycles. The zero-order valence-electron chi connectivity index (χ0n) is 12.6. The first-order valence-corrected chi connectivity index (χ1v) is 9.31. The average molecular weight is 367 g/mol. The maximum atomic E-state index is 12.6. The molecule has 24 heavy (non-hydrogen) atoms. The van der Waals surface area contributed by atoms with Crippen LogP contribution >= 0.6 is 11.6 Å². The van der Waals surface area contributed by atoms with E-state index in [0.29, 0.717) is 29.4 Å². The van der Waals surface area contributed by atoms with Crippen LogP contribution in [-0.4, -0.2) is 36.4 Å². The molecule has 2 N–H and O–H groups in total. The number of nitrogens with zero attached hydrogens (tertiary/aromatic N) is 2. The van der Waals surface area contributed by atoms with E-state index in [1.165, 1.54) is 12.4 Å². The number of hydrogen-bond acceptors (Lipinski definition) is 4. The molecule has 1 saturated heterocycles. The molecule has 0 bridgehead atoms. The van der Waals surface area contributed by atoms with E-state index in [1.807, 2.05) is 6.07 Å². The summed E-state index contributed by atoms with van der Waals surface area (Å²) in [5.74, 6) is 0. The van der Waals surface area contributed by atoms with Crippen LogP contribution in [0, 0.1) is 0 Å². The van der Waals surface area contributed by atoms with Crippen LogP contribution in [0.3, 0.4) is 0 Å². The van der Waals surface area contributed by atoms with Crippen LogP contribution in [0.25, 0.3) is 10.9 Å². The minimum absolute atomic E-state index is 0.0830. The van der Waals surface area contributed by atoms with Crippen molar-refractivity contribution in [1.29, 1.82) is 0 Å². The van der Waals surface area contributed by atoms with Crippen molar-refractivity contribution in [2.24, 2.45) is 0 Å². The van der Waals surface area contributed by atoms with Gasteiger partial charge in [0.1, 0.15) is 4.90 Å². The Morgan fingerprint density at radius 1 is 1.42 bits per heavy atom. The lowest BCUT2D eigenvalue weighted by Crippen LogP contribution is -2.13. The summed E-state index contributed by atoms with van der Waals surface area (Å²) in [6.07, 6.45) is 5.34. The molecule has 7 nitrogen and oxygen atoms in total. The second-order valence-electron chi connectivity index (χ2n) is 5.64. The molecule has 4 rings (SSSR count). The fraction of sp³-hybridized carbons (Fsp3) is 0.267. The van der Waals surface area contributed by atoms with Gasteiger partial charge in [0.25, 0.3) is 10.0 Å². The summed E-state index contributed by atoms with van der Waals surface area (Å²) in [6, 6.07) is 5.34. The number of sulfonamides is 1. The summed E-state index contributed by atoms with van der Waals surface area (Å²) in [5, 5.41) is 5.46. The van der Waals surface area contributed by atoms with Gasteiger partial charge in [-0.15, -0.1) is 0 Å². The van der Waals surface area contributed by atoms with Gasteiger partial charge in [0.15, 0.2) is 0 Å². The van der Waals surface area contributed by atoms with E-state index in [1.54, 1.807) is 23.0 Å². The van der Waals surface area contributed by atoms with Gasteiger partial charge in [-0.1, -0.05) is 23.7 Å². The molecule has 0 spiro atoms. The van der Waals surface area contributed by atoms with Gasteiger partial charge in [0.05, 0.1) is 35.1 Å². The van der Waals surface area contributed by atoms with E-state index in [4.69, 9.17) is 16.3 Å². The van der Waals surface area contributed by atoms with Gasteiger partial charge >= 0.3 is 0 Å². The SMILES string of the molecule is O=S(=O)(Nc1cccc2c(Cl)c[nH]c12)c1cnn(C2CCOC2)c1. The number of halogens is 1. The van der Waals surface area contributed by atoms with Crippen LogP contribution in [0.4, 0.5) is 5.69 Å². The second-order valence-corrected chi connectivity index (χ2v) is 7.73. The van der Waals surface area contributed by atoms with Crippen molar-refractivity contribution < 1.29 is 13.2 Å². The summed E-state index contributed by atoms with van der Waals surface area (Å²) in [5.41, 5.74) is 1.08. The van der Waals surface area contributed by atoms with E-state index in [9.17, 15) is 8.42 Å². The van der Waals surface area contributed by atoms with Crippen LogP contribution in [0.1, 0.15) is 12.5 Å². The van der Waals surface area contributed by atoms with Crippen molar-refractivity contribution in [3.8, 4) is 0 Å². The minimum atomic E-state index is -3.74. The van der Waals surface area contributed by atoms with Crippen molar-refractivity contribution in [2.45, 2.75) is 17.4 Å². The number of anilines is 1. The Morgan fingerprint density at radius 3 is 3.08 bits per heavy atom. The van der Waals surface area contributed by atoms with Crippen LogP contribution in [-0.2, 0) is 14.8 Å². The smallest absolute Gasteiger partial charge is 0.265 e. The first-order valence-electron chi connectivity index (χ1n) is 7.45. The van der Waals surface area contributed by atoms with Crippen molar-refractivity contribution in [3.63, 3.8) is 0 Å². The van der Waals surface area contributed by atoms with Crippen LogP contribution in [0.15, 0.2) is 41.7 Å². The monoisotopic (exact) mass is 366 g/mol. The molecule has 1 atom stereocenters. The highest BCUT2D eigenvalue weighted by Gasteiger charge is 2.23. The van der Waals surface area contributed by atoms with E-state index >= 15 is 0 Å². The lowest BCUT2D eigenvalue weighted by atomic mass is 10.2. The van der Waals surface area contributed by atoms with Gasteiger partial charge in [0, 0.05) is 24.4 Å². The molecule has 1 aliphatic heterocycles. The van der Waals surface area contributed by atoms with E-state index in [2.05, 4.69) is 14.8 Å². The largest absolute Gasteiger partial charge is 0.379 e. The number of aromatic amines is 1. The highest BCUT2D eigenvalue weighted by atomic mass is 35.5. The third-order valence-electron chi connectivity index (χ3n) is 4.08. The Hall–Kier alpha value is -2.03. The van der Waals surface area contributed by atoms with Gasteiger partial charge in [-0.3, -0.25) is 9.40 Å². The Morgan fingerprint density at radius 2 is 2.29 bits per heavy atom. The molecule has 0 aliphatic carbocycles. The topological polar surface area (TPSA) is 89.0 Å². The fourth-order valence-electron chi connectivity index (χ4n) is 2.80. The summed E-state index contributed by atoms with van der Waals surface area (Å²) >= 11 is 6.08. The fourth-order valence-corrected chi connectivity index (χ4v) is 4.02. The molecule has 1 fully saturated rings. The number of benzene rings is 1. The van der Waals surface area contributed by atoms with Gasteiger partial charge < -0.3 is 9.72 Å². The molecule has 9 heteroatoms. The van der Waals surface area contributed by atoms with Crippen molar-refractivity contribution >= 4 is 38.2 Å². The lowest BCUT2D eigenvalue weighted by Gasteiger charge is -2.08. The molecule has 126 valence electrons. The Balaban J connectivity index is 1.65. The number of nitrogens with one attached hydrogen (secondary N) is 2. The number of H-pyrrole nitrogens is 1. The molecule has 1 aliphatic rings. The molecule has 3 aromatic rings. The minimum Gasteiger partial charge on any atom is -0.379 e. The first-order chi connectivity index (χ1) is 11.5. The summed E-state index contributed by atoms with van der Waals surface area (Å²) in [7, 11) is -3.74. The predicted octanol–water partition coefficient (Wildman–Crippen LogP) is 2.78. The normalized spacial score (nSPS) is 18.3. The van der Waals surface area contributed by atoms with Crippen LogP contribution < -0.4 is 4.72 Å². The highest BCUT2D eigenvalue weighted by molar-refractivity contribution is 7.92. The number of fused-ring (bicyclic) bond motifs is 1. The Kier molecular flexibility index (Phi) is 3.75. The van der Waals surface area contributed by atoms with E-state index < -0.39 is 10.0 Å². The maximum Gasteiger partial charge on any atom is 0.265 e. The third-order valence-corrected chi connectivity index (χ3v) is 5.71. The zero-order chi connectivity index (χ0) is 16.7. The quantitative estimate of drug-likeness (QED) is 0.743. The van der Waals surface area contributed by atoms with E-state index in [-0.39, 0.29) is 10.9 Å². The predicted molar refractivity (Wildman–Crippen MR) is 90.8 cm³/mol. The maximum absolute atomic E-state index is 12.6.